The molecule has 1 N–H and O–H groups in total. The minimum Gasteiger partial charge on any atom is -0.348 e. The van der Waals surface area contributed by atoms with Crippen LogP contribution >= 0.6 is 34.8 Å². The fraction of sp³-hybridized carbons (Fsp3) is 0.136. The minimum atomic E-state index is -3.63. The first-order chi connectivity index (χ1) is 14.7. The first kappa shape index (κ1) is 23.4. The molecule has 0 radical (unpaired) electrons. The van der Waals surface area contributed by atoms with Crippen LogP contribution in [-0.4, -0.2) is 20.6 Å². The molecule has 0 heterocycles. The van der Waals surface area contributed by atoms with Crippen molar-refractivity contribution in [2.24, 2.45) is 0 Å². The van der Waals surface area contributed by atoms with Gasteiger partial charge in [0.25, 0.3) is 5.91 Å². The Hall–Kier alpha value is -2.25. The molecule has 3 aromatic carbocycles. The second-order valence-electron chi connectivity index (χ2n) is 6.79. The highest BCUT2D eigenvalue weighted by molar-refractivity contribution is 7.92. The Bertz CT molecular complexity index is 1180. The maximum Gasteiger partial charge on any atom is 0.251 e. The highest BCUT2D eigenvalue weighted by Crippen LogP contribution is 2.29. The predicted octanol–water partition coefficient (Wildman–Crippen LogP) is 5.54. The summed E-state index contributed by atoms with van der Waals surface area (Å²) in [6.45, 7) is 0.246. The molecule has 3 rings (SSSR count). The van der Waals surface area contributed by atoms with Gasteiger partial charge < -0.3 is 5.32 Å². The van der Waals surface area contributed by atoms with Gasteiger partial charge in [0.2, 0.25) is 10.0 Å². The van der Waals surface area contributed by atoms with E-state index in [9.17, 15) is 13.2 Å². The van der Waals surface area contributed by atoms with E-state index in [2.05, 4.69) is 5.32 Å². The van der Waals surface area contributed by atoms with Crippen molar-refractivity contribution in [3.8, 4) is 0 Å². The van der Waals surface area contributed by atoms with E-state index >= 15 is 0 Å². The minimum absolute atomic E-state index is 0.0324. The third-order valence-corrected chi connectivity index (χ3v) is 6.80. The second-order valence-corrected chi connectivity index (χ2v) is 9.92. The van der Waals surface area contributed by atoms with E-state index in [-0.39, 0.29) is 19.0 Å². The number of sulfonamides is 1. The van der Waals surface area contributed by atoms with Gasteiger partial charge >= 0.3 is 0 Å². The summed E-state index contributed by atoms with van der Waals surface area (Å²) >= 11 is 18.5. The quantitative estimate of drug-likeness (QED) is 0.466. The van der Waals surface area contributed by atoms with Crippen molar-refractivity contribution in [1.29, 1.82) is 0 Å². The van der Waals surface area contributed by atoms with E-state index in [0.717, 1.165) is 11.8 Å². The Morgan fingerprint density at radius 1 is 0.871 bits per heavy atom. The summed E-state index contributed by atoms with van der Waals surface area (Å²) in [5.74, 6) is -0.300. The summed E-state index contributed by atoms with van der Waals surface area (Å²) in [4.78, 5) is 12.5. The molecule has 5 nitrogen and oxygen atoms in total. The van der Waals surface area contributed by atoms with E-state index in [0.29, 0.717) is 31.9 Å². The average Bonchev–Trinajstić information content (AvgIpc) is 2.72. The van der Waals surface area contributed by atoms with Crippen LogP contribution in [0.5, 0.6) is 0 Å². The number of anilines is 1. The van der Waals surface area contributed by atoms with Crippen LogP contribution < -0.4 is 9.62 Å². The van der Waals surface area contributed by atoms with Crippen LogP contribution in [0, 0.1) is 0 Å². The number of nitrogens with zero attached hydrogens (tertiary/aromatic N) is 1. The fourth-order valence-electron chi connectivity index (χ4n) is 2.93. The van der Waals surface area contributed by atoms with E-state index in [1.54, 1.807) is 48.5 Å². The molecule has 0 aromatic heterocycles. The normalized spacial score (nSPS) is 11.2. The molecule has 1 amide bonds. The van der Waals surface area contributed by atoms with Crippen LogP contribution in [0.15, 0.2) is 66.7 Å². The molecule has 0 atom stereocenters. The van der Waals surface area contributed by atoms with Gasteiger partial charge in [0, 0.05) is 32.7 Å². The molecular formula is C22H19Cl3N2O3S. The van der Waals surface area contributed by atoms with Gasteiger partial charge in [-0.25, -0.2) is 8.42 Å². The summed E-state index contributed by atoms with van der Waals surface area (Å²) in [6, 6.07) is 18.5. The first-order valence-corrected chi connectivity index (χ1v) is 12.2. The highest BCUT2D eigenvalue weighted by Gasteiger charge is 2.21. The van der Waals surface area contributed by atoms with Gasteiger partial charge in [-0.05, 0) is 48.0 Å². The molecule has 0 aliphatic rings. The van der Waals surface area contributed by atoms with E-state index < -0.39 is 10.0 Å². The van der Waals surface area contributed by atoms with Crippen molar-refractivity contribution < 1.29 is 13.2 Å². The highest BCUT2D eigenvalue weighted by atomic mass is 35.5. The van der Waals surface area contributed by atoms with Gasteiger partial charge in [-0.15, -0.1) is 0 Å². The van der Waals surface area contributed by atoms with Crippen molar-refractivity contribution >= 4 is 56.4 Å². The van der Waals surface area contributed by atoms with Crippen molar-refractivity contribution in [3.05, 3.63) is 98.5 Å². The first-order valence-electron chi connectivity index (χ1n) is 9.19. The second kappa shape index (κ2) is 9.92. The Morgan fingerprint density at radius 2 is 1.45 bits per heavy atom. The summed E-state index contributed by atoms with van der Waals surface area (Å²) in [6.07, 6.45) is 1.10. The van der Waals surface area contributed by atoms with Gasteiger partial charge in [0.1, 0.15) is 0 Å². The van der Waals surface area contributed by atoms with Crippen LogP contribution in [0.1, 0.15) is 21.5 Å². The molecule has 3 aromatic rings. The number of hydrogen-bond acceptors (Lipinski definition) is 3. The summed E-state index contributed by atoms with van der Waals surface area (Å²) < 4.78 is 26.0. The summed E-state index contributed by atoms with van der Waals surface area (Å²) in [5, 5.41) is 4.11. The molecule has 0 saturated carbocycles. The SMILES string of the molecule is CS(=O)(=O)N(Cc1c(Cl)cccc1Cl)c1ccc(C(=O)NCc2ccccc2Cl)cc1. The lowest BCUT2D eigenvalue weighted by molar-refractivity contribution is 0.0951. The Kier molecular flexibility index (Phi) is 7.49. The predicted molar refractivity (Wildman–Crippen MR) is 127 cm³/mol. The molecule has 31 heavy (non-hydrogen) atoms. The zero-order chi connectivity index (χ0) is 22.6. The number of rotatable bonds is 7. The average molecular weight is 498 g/mol. The van der Waals surface area contributed by atoms with Crippen molar-refractivity contribution in [2.75, 3.05) is 10.6 Å². The Labute approximate surface area is 196 Å². The number of amides is 1. The number of hydrogen-bond donors (Lipinski definition) is 1. The van der Waals surface area contributed by atoms with Crippen LogP contribution in [0.4, 0.5) is 5.69 Å². The van der Waals surface area contributed by atoms with E-state index in [1.165, 1.54) is 4.31 Å². The Morgan fingerprint density at radius 3 is 2.03 bits per heavy atom. The topological polar surface area (TPSA) is 66.5 Å². The third kappa shape index (κ3) is 5.92. The summed E-state index contributed by atoms with van der Waals surface area (Å²) in [7, 11) is -3.63. The van der Waals surface area contributed by atoms with Crippen LogP contribution in [0.25, 0.3) is 0 Å². The molecule has 0 spiro atoms. The molecule has 0 aliphatic carbocycles. The maximum atomic E-state index is 12.5. The van der Waals surface area contributed by atoms with Crippen molar-refractivity contribution in [3.63, 3.8) is 0 Å². The number of carbonyl (C=O) groups excluding carboxylic acids is 1. The zero-order valence-electron chi connectivity index (χ0n) is 16.5. The van der Waals surface area contributed by atoms with E-state index in [4.69, 9.17) is 34.8 Å². The largest absolute Gasteiger partial charge is 0.348 e. The zero-order valence-corrected chi connectivity index (χ0v) is 19.6. The van der Waals surface area contributed by atoms with Crippen LogP contribution in [0.2, 0.25) is 15.1 Å². The fourth-order valence-corrected chi connectivity index (χ4v) is 4.51. The lowest BCUT2D eigenvalue weighted by Gasteiger charge is -2.23. The monoisotopic (exact) mass is 496 g/mol. The molecule has 0 unspecified atom stereocenters. The van der Waals surface area contributed by atoms with Crippen molar-refractivity contribution in [1.82, 2.24) is 5.32 Å². The molecule has 9 heteroatoms. The van der Waals surface area contributed by atoms with Gasteiger partial charge in [-0.1, -0.05) is 59.1 Å². The lowest BCUT2D eigenvalue weighted by atomic mass is 10.1. The summed E-state index contributed by atoms with van der Waals surface area (Å²) in [5.41, 5.74) is 2.08. The molecule has 0 bridgehead atoms. The molecule has 0 saturated heterocycles. The molecular weight excluding hydrogens is 479 g/mol. The van der Waals surface area contributed by atoms with Crippen LogP contribution in [0.3, 0.4) is 0 Å². The molecule has 0 aliphatic heterocycles. The number of nitrogens with one attached hydrogen (secondary N) is 1. The Balaban J connectivity index is 1.78. The third-order valence-electron chi connectivity index (χ3n) is 4.58. The van der Waals surface area contributed by atoms with Crippen molar-refractivity contribution in [2.45, 2.75) is 13.1 Å². The van der Waals surface area contributed by atoms with Gasteiger partial charge in [-0.2, -0.15) is 0 Å². The number of carbonyl (C=O) groups is 1. The number of halogens is 3. The van der Waals surface area contributed by atoms with Gasteiger partial charge in [0.05, 0.1) is 18.5 Å². The number of benzene rings is 3. The standard InChI is InChI=1S/C22H19Cl3N2O3S/c1-31(29,30)27(14-18-20(24)7-4-8-21(18)25)17-11-9-15(10-12-17)22(28)26-13-16-5-2-3-6-19(16)23/h2-12H,13-14H2,1H3,(H,26,28). The molecule has 0 fully saturated rings. The lowest BCUT2D eigenvalue weighted by Crippen LogP contribution is -2.29. The van der Waals surface area contributed by atoms with Gasteiger partial charge in [0.15, 0.2) is 0 Å². The smallest absolute Gasteiger partial charge is 0.251 e. The molecule has 162 valence electrons. The van der Waals surface area contributed by atoms with Crippen LogP contribution in [-0.2, 0) is 23.1 Å². The van der Waals surface area contributed by atoms with Gasteiger partial charge in [-0.3, -0.25) is 9.10 Å². The van der Waals surface area contributed by atoms with E-state index in [1.807, 2.05) is 18.2 Å². The maximum absolute atomic E-state index is 12.5.